The molecule has 1 N–H and O–H groups in total. The number of hydrogen-bond donors (Lipinski definition) is 1. The number of nitrogens with one attached hydrogen (secondary N) is 1. The van der Waals surface area contributed by atoms with E-state index in [0.717, 1.165) is 22.9 Å². The van der Waals surface area contributed by atoms with Crippen LogP contribution in [0.1, 0.15) is 22.7 Å². The van der Waals surface area contributed by atoms with E-state index < -0.39 is 0 Å². The lowest BCUT2D eigenvalue weighted by atomic mass is 9.93. The third-order valence-electron chi connectivity index (χ3n) is 4.14. The molecule has 1 aliphatic carbocycles. The lowest BCUT2D eigenvalue weighted by Crippen LogP contribution is -2.23. The predicted octanol–water partition coefficient (Wildman–Crippen LogP) is 4.26. The van der Waals surface area contributed by atoms with Gasteiger partial charge in [0, 0.05) is 10.5 Å². The molecular weight excluding hydrogens is 317 g/mol. The Morgan fingerprint density at radius 1 is 1.25 bits per heavy atom. The summed E-state index contributed by atoms with van der Waals surface area (Å²) in [7, 11) is 2.00. The van der Waals surface area contributed by atoms with Crippen molar-refractivity contribution in [1.82, 2.24) is 5.32 Å². The monoisotopic (exact) mass is 333 g/mol. The summed E-state index contributed by atoms with van der Waals surface area (Å²) in [4.78, 5) is 0. The van der Waals surface area contributed by atoms with E-state index in [4.69, 9.17) is 0 Å². The highest BCUT2D eigenvalue weighted by molar-refractivity contribution is 9.10. The van der Waals surface area contributed by atoms with Gasteiger partial charge in [-0.25, -0.2) is 4.39 Å². The van der Waals surface area contributed by atoms with Crippen molar-refractivity contribution in [1.29, 1.82) is 0 Å². The van der Waals surface area contributed by atoms with Gasteiger partial charge in [0.2, 0.25) is 0 Å². The summed E-state index contributed by atoms with van der Waals surface area (Å²) in [5.74, 6) is 0.301. The molecule has 104 valence electrons. The van der Waals surface area contributed by atoms with Crippen molar-refractivity contribution in [2.45, 2.75) is 18.9 Å². The first-order valence-corrected chi connectivity index (χ1v) is 7.67. The molecule has 0 aromatic heterocycles. The number of benzene rings is 2. The molecule has 0 radical (unpaired) electrons. The topological polar surface area (TPSA) is 12.0 Å². The van der Waals surface area contributed by atoms with E-state index >= 15 is 0 Å². The Morgan fingerprint density at radius 3 is 2.85 bits per heavy atom. The molecule has 20 heavy (non-hydrogen) atoms. The van der Waals surface area contributed by atoms with Gasteiger partial charge in [-0.1, -0.05) is 40.2 Å². The van der Waals surface area contributed by atoms with Gasteiger partial charge in [-0.2, -0.15) is 0 Å². The van der Waals surface area contributed by atoms with Gasteiger partial charge in [0.05, 0.1) is 0 Å². The zero-order chi connectivity index (χ0) is 14.1. The van der Waals surface area contributed by atoms with Crippen LogP contribution in [-0.2, 0) is 12.8 Å². The molecule has 2 aromatic rings. The lowest BCUT2D eigenvalue weighted by molar-refractivity contribution is 0.409. The van der Waals surface area contributed by atoms with E-state index in [1.165, 1.54) is 17.2 Å². The molecule has 3 rings (SSSR count). The molecule has 1 aliphatic rings. The smallest absolute Gasteiger partial charge is 0.123 e. The highest BCUT2D eigenvalue weighted by Crippen LogP contribution is 2.38. The van der Waals surface area contributed by atoms with Gasteiger partial charge in [-0.15, -0.1) is 0 Å². The van der Waals surface area contributed by atoms with Gasteiger partial charge in [0.25, 0.3) is 0 Å². The largest absolute Gasteiger partial charge is 0.313 e. The van der Waals surface area contributed by atoms with E-state index in [1.807, 2.05) is 7.05 Å². The minimum Gasteiger partial charge on any atom is -0.313 e. The molecule has 2 atom stereocenters. The molecule has 0 saturated carbocycles. The van der Waals surface area contributed by atoms with Crippen LogP contribution >= 0.6 is 15.9 Å². The Kier molecular flexibility index (Phi) is 3.90. The van der Waals surface area contributed by atoms with Crippen LogP contribution in [0.15, 0.2) is 46.9 Å². The fourth-order valence-corrected chi connectivity index (χ4v) is 3.65. The molecule has 2 unspecified atom stereocenters. The highest BCUT2D eigenvalue weighted by atomic mass is 79.9. The molecule has 1 nitrogen and oxygen atoms in total. The summed E-state index contributed by atoms with van der Waals surface area (Å²) in [6.07, 6.45) is 1.92. The van der Waals surface area contributed by atoms with Crippen LogP contribution in [0.2, 0.25) is 0 Å². The van der Waals surface area contributed by atoms with E-state index in [9.17, 15) is 4.39 Å². The van der Waals surface area contributed by atoms with Crippen LogP contribution in [0.5, 0.6) is 0 Å². The maximum absolute atomic E-state index is 13.4. The number of fused-ring (bicyclic) bond motifs is 1. The second-order valence-electron chi connectivity index (χ2n) is 5.37. The summed E-state index contributed by atoms with van der Waals surface area (Å²) in [6, 6.07) is 13.8. The quantitative estimate of drug-likeness (QED) is 0.884. The molecule has 0 amide bonds. The van der Waals surface area contributed by atoms with Crippen LogP contribution < -0.4 is 5.32 Å². The van der Waals surface area contributed by atoms with E-state index in [2.05, 4.69) is 45.5 Å². The summed E-state index contributed by atoms with van der Waals surface area (Å²) in [6.45, 7) is 0. The second-order valence-corrected chi connectivity index (χ2v) is 6.22. The van der Waals surface area contributed by atoms with Gasteiger partial charge in [0.1, 0.15) is 5.82 Å². The van der Waals surface area contributed by atoms with Crippen LogP contribution in [-0.4, -0.2) is 7.05 Å². The van der Waals surface area contributed by atoms with E-state index in [-0.39, 0.29) is 5.82 Å². The van der Waals surface area contributed by atoms with Crippen LogP contribution in [0.25, 0.3) is 0 Å². The fourth-order valence-electron chi connectivity index (χ4n) is 3.24. The standard InChI is InChI=1S/C17H17BrFN/c1-20-17-13(8-11-4-2-3-5-15(11)17)9-12-10-14(19)6-7-16(12)18/h2-7,10,13,17,20H,8-9H2,1H3. The van der Waals surface area contributed by atoms with Gasteiger partial charge in [0.15, 0.2) is 0 Å². The number of halogens is 2. The van der Waals surface area contributed by atoms with Gasteiger partial charge in [-0.3, -0.25) is 0 Å². The van der Waals surface area contributed by atoms with Crippen LogP contribution in [0.3, 0.4) is 0 Å². The van der Waals surface area contributed by atoms with E-state index in [0.29, 0.717) is 12.0 Å². The molecule has 0 bridgehead atoms. The van der Waals surface area contributed by atoms with E-state index in [1.54, 1.807) is 12.1 Å². The maximum Gasteiger partial charge on any atom is 0.123 e. The van der Waals surface area contributed by atoms with Crippen molar-refractivity contribution in [3.05, 3.63) is 69.4 Å². The second kappa shape index (κ2) is 5.66. The third kappa shape index (κ3) is 2.52. The van der Waals surface area contributed by atoms with Crippen LogP contribution in [0.4, 0.5) is 4.39 Å². The zero-order valence-electron chi connectivity index (χ0n) is 11.4. The predicted molar refractivity (Wildman–Crippen MR) is 83.2 cm³/mol. The van der Waals surface area contributed by atoms with Crippen molar-refractivity contribution < 1.29 is 4.39 Å². The first-order valence-electron chi connectivity index (χ1n) is 6.88. The normalized spacial score (nSPS) is 20.9. The molecular formula is C17H17BrFN. The fraction of sp³-hybridized carbons (Fsp3) is 0.294. The molecule has 0 saturated heterocycles. The summed E-state index contributed by atoms with van der Waals surface area (Å²) in [5.41, 5.74) is 3.83. The average molecular weight is 334 g/mol. The Labute approximate surface area is 127 Å². The summed E-state index contributed by atoms with van der Waals surface area (Å²) in [5, 5.41) is 3.42. The van der Waals surface area contributed by atoms with Crippen molar-refractivity contribution in [2.75, 3.05) is 7.05 Å². The molecule has 0 fully saturated rings. The zero-order valence-corrected chi connectivity index (χ0v) is 13.0. The van der Waals surface area contributed by atoms with Crippen molar-refractivity contribution in [2.24, 2.45) is 5.92 Å². The lowest BCUT2D eigenvalue weighted by Gasteiger charge is -2.20. The molecule has 2 aromatic carbocycles. The maximum atomic E-state index is 13.4. The van der Waals surface area contributed by atoms with Crippen molar-refractivity contribution in [3.63, 3.8) is 0 Å². The van der Waals surface area contributed by atoms with Gasteiger partial charge < -0.3 is 5.32 Å². The van der Waals surface area contributed by atoms with Crippen LogP contribution in [0, 0.1) is 11.7 Å². The first kappa shape index (κ1) is 13.8. The Hall–Kier alpha value is -1.19. The summed E-state index contributed by atoms with van der Waals surface area (Å²) < 4.78 is 14.4. The number of rotatable bonds is 3. The molecule has 0 aliphatic heterocycles. The van der Waals surface area contributed by atoms with Crippen molar-refractivity contribution in [3.8, 4) is 0 Å². The minimum atomic E-state index is -0.167. The Balaban J connectivity index is 1.87. The highest BCUT2D eigenvalue weighted by Gasteiger charge is 2.31. The SMILES string of the molecule is CNC1c2ccccc2CC1Cc1cc(F)ccc1Br. The average Bonchev–Trinajstić information content (AvgIpc) is 2.80. The first-order chi connectivity index (χ1) is 9.69. The summed E-state index contributed by atoms with van der Waals surface area (Å²) >= 11 is 3.53. The Morgan fingerprint density at radius 2 is 2.05 bits per heavy atom. The number of hydrogen-bond acceptors (Lipinski definition) is 1. The van der Waals surface area contributed by atoms with Gasteiger partial charge in [-0.05, 0) is 60.7 Å². The molecule has 3 heteroatoms. The Bertz CT molecular complexity index is 626. The molecule has 0 spiro atoms. The molecule has 0 heterocycles. The minimum absolute atomic E-state index is 0.167. The third-order valence-corrected chi connectivity index (χ3v) is 4.92. The van der Waals surface area contributed by atoms with Gasteiger partial charge >= 0.3 is 0 Å². The van der Waals surface area contributed by atoms with Crippen molar-refractivity contribution >= 4 is 15.9 Å².